The standard InChI is InChI=1S/C10H18N6O2/c1-10(4-3-5-18-10)6-12-7-13-8(16-11)15-9(14-7)17-2/h3-6,11H2,1-2H3,(H2,12,13,14,15,16). The second kappa shape index (κ2) is 5.32. The Morgan fingerprint density at radius 3 is 2.78 bits per heavy atom. The highest BCUT2D eigenvalue weighted by Crippen LogP contribution is 2.25. The van der Waals surface area contributed by atoms with Gasteiger partial charge in [0, 0.05) is 13.2 Å². The fourth-order valence-corrected chi connectivity index (χ4v) is 1.83. The van der Waals surface area contributed by atoms with Crippen LogP contribution >= 0.6 is 0 Å². The molecule has 18 heavy (non-hydrogen) atoms. The fourth-order valence-electron chi connectivity index (χ4n) is 1.83. The Bertz CT molecular complexity index is 385. The Hall–Kier alpha value is -1.67. The molecule has 1 saturated heterocycles. The zero-order valence-corrected chi connectivity index (χ0v) is 10.6. The number of anilines is 2. The lowest BCUT2D eigenvalue weighted by Crippen LogP contribution is -2.33. The number of hydrogen-bond donors (Lipinski definition) is 3. The van der Waals surface area contributed by atoms with Crippen molar-refractivity contribution in [3.05, 3.63) is 0 Å². The maximum atomic E-state index is 5.67. The van der Waals surface area contributed by atoms with Crippen molar-refractivity contribution in [3.63, 3.8) is 0 Å². The van der Waals surface area contributed by atoms with Crippen molar-refractivity contribution in [2.24, 2.45) is 5.84 Å². The first-order chi connectivity index (χ1) is 8.65. The molecular formula is C10H18N6O2. The molecule has 0 aromatic carbocycles. The topological polar surface area (TPSA) is 107 Å². The number of nitrogens with two attached hydrogens (primary N) is 1. The van der Waals surface area contributed by atoms with Crippen molar-refractivity contribution in [3.8, 4) is 6.01 Å². The van der Waals surface area contributed by atoms with Crippen molar-refractivity contribution in [1.29, 1.82) is 0 Å². The van der Waals surface area contributed by atoms with Crippen LogP contribution in [0, 0.1) is 0 Å². The van der Waals surface area contributed by atoms with E-state index in [0.29, 0.717) is 12.5 Å². The molecule has 8 nitrogen and oxygen atoms in total. The Balaban J connectivity index is 2.04. The van der Waals surface area contributed by atoms with Crippen LogP contribution in [0.2, 0.25) is 0 Å². The van der Waals surface area contributed by atoms with Gasteiger partial charge < -0.3 is 14.8 Å². The van der Waals surface area contributed by atoms with Gasteiger partial charge in [0.05, 0.1) is 12.7 Å². The summed E-state index contributed by atoms with van der Waals surface area (Å²) in [5.74, 6) is 5.94. The molecule has 2 rings (SSSR count). The number of nitrogens with zero attached hydrogens (tertiary/aromatic N) is 3. The van der Waals surface area contributed by atoms with E-state index in [1.807, 2.05) is 0 Å². The number of rotatable bonds is 5. The van der Waals surface area contributed by atoms with Gasteiger partial charge in [-0.15, -0.1) is 0 Å². The number of nitrogens with one attached hydrogen (secondary N) is 2. The summed E-state index contributed by atoms with van der Waals surface area (Å²) < 4.78 is 10.6. The summed E-state index contributed by atoms with van der Waals surface area (Å²) in [6.45, 7) is 3.49. The Morgan fingerprint density at radius 2 is 2.17 bits per heavy atom. The number of aromatic nitrogens is 3. The van der Waals surface area contributed by atoms with Gasteiger partial charge in [-0.2, -0.15) is 15.0 Å². The number of nitrogen functional groups attached to an aromatic ring is 1. The highest BCUT2D eigenvalue weighted by molar-refractivity contribution is 5.35. The predicted molar refractivity (Wildman–Crippen MR) is 66.3 cm³/mol. The second-order valence-electron chi connectivity index (χ2n) is 4.37. The summed E-state index contributed by atoms with van der Waals surface area (Å²) in [6, 6.07) is 0.206. The molecule has 1 fully saturated rings. The molecule has 1 aromatic heterocycles. The Morgan fingerprint density at radius 1 is 1.39 bits per heavy atom. The maximum absolute atomic E-state index is 5.67. The van der Waals surface area contributed by atoms with Crippen LogP contribution in [-0.2, 0) is 4.74 Å². The molecular weight excluding hydrogens is 236 g/mol. The maximum Gasteiger partial charge on any atom is 0.322 e. The molecule has 2 heterocycles. The quantitative estimate of drug-likeness (QED) is 0.503. The van der Waals surface area contributed by atoms with Gasteiger partial charge in [0.1, 0.15) is 0 Å². The van der Waals surface area contributed by atoms with Crippen molar-refractivity contribution in [1.82, 2.24) is 15.0 Å². The minimum Gasteiger partial charge on any atom is -0.467 e. The van der Waals surface area contributed by atoms with E-state index >= 15 is 0 Å². The van der Waals surface area contributed by atoms with E-state index in [2.05, 4.69) is 32.6 Å². The first kappa shape index (κ1) is 12.8. The van der Waals surface area contributed by atoms with E-state index in [4.69, 9.17) is 15.3 Å². The van der Waals surface area contributed by atoms with Gasteiger partial charge in [0.25, 0.3) is 0 Å². The van der Waals surface area contributed by atoms with Gasteiger partial charge >= 0.3 is 6.01 Å². The fraction of sp³-hybridized carbons (Fsp3) is 0.700. The summed E-state index contributed by atoms with van der Waals surface area (Å²) in [5.41, 5.74) is 2.20. The van der Waals surface area contributed by atoms with Crippen molar-refractivity contribution in [2.75, 3.05) is 31.0 Å². The van der Waals surface area contributed by atoms with Crippen molar-refractivity contribution >= 4 is 11.9 Å². The third-order valence-electron chi connectivity index (χ3n) is 2.85. The molecule has 100 valence electrons. The first-order valence-electron chi connectivity index (χ1n) is 5.80. The van der Waals surface area contributed by atoms with Crippen LogP contribution in [0.25, 0.3) is 0 Å². The molecule has 8 heteroatoms. The lowest BCUT2D eigenvalue weighted by Gasteiger charge is -2.23. The average molecular weight is 254 g/mol. The summed E-state index contributed by atoms with van der Waals surface area (Å²) >= 11 is 0. The zero-order valence-electron chi connectivity index (χ0n) is 10.6. The van der Waals surface area contributed by atoms with E-state index in [9.17, 15) is 0 Å². The molecule has 0 amide bonds. The van der Waals surface area contributed by atoms with E-state index < -0.39 is 0 Å². The average Bonchev–Trinajstić information content (AvgIpc) is 2.83. The van der Waals surface area contributed by atoms with Crippen molar-refractivity contribution in [2.45, 2.75) is 25.4 Å². The molecule has 0 saturated carbocycles. The Kier molecular flexibility index (Phi) is 3.78. The predicted octanol–water partition coefficient (Wildman–Crippen LogP) is 0.147. The second-order valence-corrected chi connectivity index (χ2v) is 4.37. The van der Waals surface area contributed by atoms with Crippen LogP contribution < -0.4 is 21.3 Å². The molecule has 0 bridgehead atoms. The third-order valence-corrected chi connectivity index (χ3v) is 2.85. The van der Waals surface area contributed by atoms with Gasteiger partial charge in [-0.1, -0.05) is 0 Å². The van der Waals surface area contributed by atoms with E-state index in [0.717, 1.165) is 19.4 Å². The smallest absolute Gasteiger partial charge is 0.322 e. The van der Waals surface area contributed by atoms with Gasteiger partial charge in [0.2, 0.25) is 11.9 Å². The summed E-state index contributed by atoms with van der Waals surface area (Å²) in [6.07, 6.45) is 2.10. The summed E-state index contributed by atoms with van der Waals surface area (Å²) in [5, 5.41) is 3.11. The highest BCUT2D eigenvalue weighted by Gasteiger charge is 2.29. The van der Waals surface area contributed by atoms with Gasteiger partial charge in [-0.25, -0.2) is 5.84 Å². The van der Waals surface area contributed by atoms with Gasteiger partial charge in [0.15, 0.2) is 0 Å². The number of hydrogen-bond acceptors (Lipinski definition) is 8. The lowest BCUT2D eigenvalue weighted by molar-refractivity contribution is 0.0314. The normalized spacial score (nSPS) is 22.8. The summed E-state index contributed by atoms with van der Waals surface area (Å²) in [7, 11) is 1.49. The van der Waals surface area contributed by atoms with E-state index in [-0.39, 0.29) is 17.6 Å². The van der Waals surface area contributed by atoms with E-state index in [1.54, 1.807) is 0 Å². The Labute approximate surface area is 105 Å². The molecule has 1 aliphatic heterocycles. The molecule has 1 aromatic rings. The SMILES string of the molecule is COc1nc(NN)nc(NCC2(C)CCCO2)n1. The molecule has 0 aliphatic carbocycles. The number of methoxy groups -OCH3 is 1. The summed E-state index contributed by atoms with van der Waals surface area (Å²) in [4.78, 5) is 12.1. The van der Waals surface area contributed by atoms with E-state index in [1.165, 1.54) is 7.11 Å². The lowest BCUT2D eigenvalue weighted by atomic mass is 10.0. The minimum absolute atomic E-state index is 0.170. The molecule has 1 aliphatic rings. The van der Waals surface area contributed by atoms with Crippen LogP contribution in [0.4, 0.5) is 11.9 Å². The van der Waals surface area contributed by atoms with Crippen LogP contribution in [-0.4, -0.2) is 40.8 Å². The molecule has 0 radical (unpaired) electrons. The number of ether oxygens (including phenoxy) is 2. The monoisotopic (exact) mass is 254 g/mol. The number of hydrazine groups is 1. The highest BCUT2D eigenvalue weighted by atomic mass is 16.5. The molecule has 4 N–H and O–H groups in total. The van der Waals surface area contributed by atoms with Crippen LogP contribution in [0.1, 0.15) is 19.8 Å². The van der Waals surface area contributed by atoms with Gasteiger partial charge in [-0.05, 0) is 19.8 Å². The zero-order chi connectivity index (χ0) is 13.0. The molecule has 1 unspecified atom stereocenters. The van der Waals surface area contributed by atoms with Gasteiger partial charge in [-0.3, -0.25) is 5.43 Å². The molecule has 1 atom stereocenters. The van der Waals surface area contributed by atoms with Crippen LogP contribution in [0.5, 0.6) is 6.01 Å². The van der Waals surface area contributed by atoms with Crippen LogP contribution in [0.15, 0.2) is 0 Å². The first-order valence-corrected chi connectivity index (χ1v) is 5.80. The van der Waals surface area contributed by atoms with Crippen molar-refractivity contribution < 1.29 is 9.47 Å². The minimum atomic E-state index is -0.170. The third kappa shape index (κ3) is 2.96. The van der Waals surface area contributed by atoms with Crippen LogP contribution in [0.3, 0.4) is 0 Å². The molecule has 0 spiro atoms. The largest absolute Gasteiger partial charge is 0.467 e.